The SMILES string of the molecule is Cc1cc(F)ccc1-n1cc(O)c(C(=O)N2CCC(C)(CN)C2)n1. The topological polar surface area (TPSA) is 84.4 Å². The van der Waals surface area contributed by atoms with Crippen LogP contribution in [0.5, 0.6) is 5.75 Å². The van der Waals surface area contributed by atoms with Gasteiger partial charge in [-0.05, 0) is 49.1 Å². The van der Waals surface area contributed by atoms with Crippen LogP contribution in [0.3, 0.4) is 0 Å². The monoisotopic (exact) mass is 332 g/mol. The van der Waals surface area contributed by atoms with Crippen molar-refractivity contribution in [1.82, 2.24) is 14.7 Å². The van der Waals surface area contributed by atoms with E-state index in [-0.39, 0.29) is 28.6 Å². The van der Waals surface area contributed by atoms with Gasteiger partial charge in [-0.1, -0.05) is 6.92 Å². The number of amides is 1. The average Bonchev–Trinajstić information content (AvgIpc) is 3.11. The first-order chi connectivity index (χ1) is 11.3. The van der Waals surface area contributed by atoms with Crippen LogP contribution in [-0.2, 0) is 0 Å². The Morgan fingerprint density at radius 3 is 2.88 bits per heavy atom. The van der Waals surface area contributed by atoms with Crippen molar-refractivity contribution in [2.45, 2.75) is 20.3 Å². The van der Waals surface area contributed by atoms with Gasteiger partial charge in [-0.25, -0.2) is 9.07 Å². The second-order valence-electron chi connectivity index (χ2n) is 6.73. The van der Waals surface area contributed by atoms with Crippen LogP contribution in [0.1, 0.15) is 29.4 Å². The number of nitrogens with zero attached hydrogens (tertiary/aromatic N) is 3. The maximum Gasteiger partial charge on any atom is 0.278 e. The number of carbonyl (C=O) groups is 1. The smallest absolute Gasteiger partial charge is 0.278 e. The molecule has 0 bridgehead atoms. The Balaban J connectivity index is 1.88. The molecular weight excluding hydrogens is 311 g/mol. The Morgan fingerprint density at radius 1 is 1.50 bits per heavy atom. The lowest BCUT2D eigenvalue weighted by Crippen LogP contribution is -2.34. The summed E-state index contributed by atoms with van der Waals surface area (Å²) in [6.07, 6.45) is 2.19. The molecule has 24 heavy (non-hydrogen) atoms. The van der Waals surface area contributed by atoms with E-state index in [1.165, 1.54) is 23.0 Å². The van der Waals surface area contributed by atoms with Gasteiger partial charge in [-0.15, -0.1) is 0 Å². The lowest BCUT2D eigenvalue weighted by atomic mass is 9.90. The quantitative estimate of drug-likeness (QED) is 0.898. The Morgan fingerprint density at radius 2 is 2.25 bits per heavy atom. The largest absolute Gasteiger partial charge is 0.504 e. The van der Waals surface area contributed by atoms with Crippen molar-refractivity contribution in [3.05, 3.63) is 41.5 Å². The molecule has 2 aromatic rings. The molecule has 1 unspecified atom stereocenters. The molecule has 0 saturated carbocycles. The van der Waals surface area contributed by atoms with Crippen LogP contribution in [0, 0.1) is 18.2 Å². The lowest BCUT2D eigenvalue weighted by Gasteiger charge is -2.22. The first-order valence-corrected chi connectivity index (χ1v) is 7.87. The van der Waals surface area contributed by atoms with Crippen LogP contribution >= 0.6 is 0 Å². The predicted molar refractivity (Wildman–Crippen MR) is 87.6 cm³/mol. The highest BCUT2D eigenvalue weighted by Gasteiger charge is 2.36. The van der Waals surface area contributed by atoms with Gasteiger partial charge in [0.25, 0.3) is 5.91 Å². The number of hydrogen-bond acceptors (Lipinski definition) is 4. The van der Waals surface area contributed by atoms with E-state index in [0.29, 0.717) is 30.9 Å². The first kappa shape index (κ1) is 16.4. The van der Waals surface area contributed by atoms with Gasteiger partial charge < -0.3 is 15.7 Å². The molecular formula is C17H21FN4O2. The number of hydrogen-bond donors (Lipinski definition) is 2. The number of aromatic hydroxyl groups is 1. The van der Waals surface area contributed by atoms with Gasteiger partial charge in [-0.2, -0.15) is 5.10 Å². The molecule has 1 amide bonds. The van der Waals surface area contributed by atoms with E-state index < -0.39 is 0 Å². The van der Waals surface area contributed by atoms with Crippen LogP contribution in [0.2, 0.25) is 0 Å². The second-order valence-corrected chi connectivity index (χ2v) is 6.73. The van der Waals surface area contributed by atoms with Crippen molar-refractivity contribution in [2.75, 3.05) is 19.6 Å². The summed E-state index contributed by atoms with van der Waals surface area (Å²) in [6, 6.07) is 4.26. The molecule has 128 valence electrons. The van der Waals surface area contributed by atoms with Crippen LogP contribution in [0.25, 0.3) is 5.69 Å². The van der Waals surface area contributed by atoms with E-state index in [2.05, 4.69) is 5.10 Å². The fourth-order valence-electron chi connectivity index (χ4n) is 3.03. The normalized spacial score (nSPS) is 20.6. The maximum atomic E-state index is 13.2. The van der Waals surface area contributed by atoms with Crippen molar-refractivity contribution in [3.63, 3.8) is 0 Å². The van der Waals surface area contributed by atoms with Crippen molar-refractivity contribution < 1.29 is 14.3 Å². The van der Waals surface area contributed by atoms with Crippen LogP contribution in [-0.4, -0.2) is 45.3 Å². The fourth-order valence-corrected chi connectivity index (χ4v) is 3.03. The summed E-state index contributed by atoms with van der Waals surface area (Å²) in [5.74, 6) is -0.852. The number of likely N-dealkylation sites (tertiary alicyclic amines) is 1. The van der Waals surface area contributed by atoms with E-state index in [9.17, 15) is 14.3 Å². The number of benzene rings is 1. The summed E-state index contributed by atoms with van der Waals surface area (Å²) >= 11 is 0. The minimum atomic E-state index is -0.345. The molecule has 1 aliphatic heterocycles. The summed E-state index contributed by atoms with van der Waals surface area (Å²) in [7, 11) is 0. The summed E-state index contributed by atoms with van der Waals surface area (Å²) < 4.78 is 14.6. The Kier molecular flexibility index (Phi) is 4.04. The zero-order valence-corrected chi connectivity index (χ0v) is 13.8. The summed E-state index contributed by atoms with van der Waals surface area (Å²) in [4.78, 5) is 14.3. The molecule has 1 atom stereocenters. The highest BCUT2D eigenvalue weighted by molar-refractivity contribution is 5.95. The van der Waals surface area contributed by atoms with Crippen LogP contribution in [0.15, 0.2) is 24.4 Å². The molecule has 1 aromatic heterocycles. The molecule has 1 saturated heterocycles. The Hall–Kier alpha value is -2.41. The predicted octanol–water partition coefficient (Wildman–Crippen LogP) is 1.84. The number of rotatable bonds is 3. The standard InChI is InChI=1S/C17H21FN4O2/c1-11-7-12(18)3-4-13(11)22-8-14(23)15(20-22)16(24)21-6-5-17(2,9-19)10-21/h3-4,7-8,23H,5-6,9-10,19H2,1-2H3. The zero-order chi connectivity index (χ0) is 17.5. The van der Waals surface area contributed by atoms with Crippen LogP contribution < -0.4 is 5.73 Å². The molecule has 1 aromatic carbocycles. The first-order valence-electron chi connectivity index (χ1n) is 7.87. The van der Waals surface area contributed by atoms with Gasteiger partial charge in [-0.3, -0.25) is 4.79 Å². The van der Waals surface area contributed by atoms with E-state index in [1.807, 2.05) is 6.92 Å². The Bertz CT molecular complexity index is 789. The van der Waals surface area contributed by atoms with E-state index in [4.69, 9.17) is 5.73 Å². The van der Waals surface area contributed by atoms with E-state index >= 15 is 0 Å². The third-order valence-electron chi connectivity index (χ3n) is 4.64. The number of carbonyl (C=O) groups excluding carboxylic acids is 1. The minimum absolute atomic E-state index is 0.00000331. The number of nitrogens with two attached hydrogens (primary N) is 1. The maximum absolute atomic E-state index is 13.2. The number of aromatic nitrogens is 2. The minimum Gasteiger partial charge on any atom is -0.504 e. The van der Waals surface area contributed by atoms with E-state index in [0.717, 1.165) is 6.42 Å². The van der Waals surface area contributed by atoms with Crippen molar-refractivity contribution in [3.8, 4) is 11.4 Å². The van der Waals surface area contributed by atoms with Crippen molar-refractivity contribution >= 4 is 5.91 Å². The second kappa shape index (κ2) is 5.90. The van der Waals surface area contributed by atoms with Gasteiger partial charge >= 0.3 is 0 Å². The molecule has 2 heterocycles. The lowest BCUT2D eigenvalue weighted by molar-refractivity contribution is 0.0767. The van der Waals surface area contributed by atoms with E-state index in [1.54, 1.807) is 17.9 Å². The molecule has 0 spiro atoms. The van der Waals surface area contributed by atoms with Gasteiger partial charge in [0.2, 0.25) is 0 Å². The van der Waals surface area contributed by atoms with Crippen molar-refractivity contribution in [1.29, 1.82) is 0 Å². The molecule has 0 aliphatic carbocycles. The molecule has 1 fully saturated rings. The Labute approximate surface area is 139 Å². The van der Waals surface area contributed by atoms with Gasteiger partial charge in [0, 0.05) is 13.1 Å². The third kappa shape index (κ3) is 2.87. The summed E-state index contributed by atoms with van der Waals surface area (Å²) in [5, 5.41) is 14.3. The molecule has 6 nitrogen and oxygen atoms in total. The highest BCUT2D eigenvalue weighted by Crippen LogP contribution is 2.31. The molecule has 7 heteroatoms. The summed E-state index contributed by atoms with van der Waals surface area (Å²) in [6.45, 7) is 5.43. The number of halogens is 1. The molecule has 3 N–H and O–H groups in total. The third-order valence-corrected chi connectivity index (χ3v) is 4.64. The molecule has 1 aliphatic rings. The van der Waals surface area contributed by atoms with Crippen molar-refractivity contribution in [2.24, 2.45) is 11.1 Å². The molecule has 0 radical (unpaired) electrons. The van der Waals surface area contributed by atoms with Gasteiger partial charge in [0.15, 0.2) is 11.4 Å². The van der Waals surface area contributed by atoms with Gasteiger partial charge in [0.05, 0.1) is 11.9 Å². The average molecular weight is 332 g/mol. The van der Waals surface area contributed by atoms with Gasteiger partial charge in [0.1, 0.15) is 5.82 Å². The number of aryl methyl sites for hydroxylation is 1. The van der Waals surface area contributed by atoms with Crippen LogP contribution in [0.4, 0.5) is 4.39 Å². The highest BCUT2D eigenvalue weighted by atomic mass is 19.1. The fraction of sp³-hybridized carbons (Fsp3) is 0.412. The zero-order valence-electron chi connectivity index (χ0n) is 13.8. The summed E-state index contributed by atoms with van der Waals surface area (Å²) in [5.41, 5.74) is 6.95. The molecule has 3 rings (SSSR count).